The van der Waals surface area contributed by atoms with Gasteiger partial charge in [-0.05, 0) is 17.7 Å². The second-order valence-electron chi connectivity index (χ2n) is 8.86. The number of nitrogens with one attached hydrogen (secondary N) is 2. The molecule has 0 saturated carbocycles. The molecule has 2 aliphatic heterocycles. The first-order valence-corrected chi connectivity index (χ1v) is 11.6. The van der Waals surface area contributed by atoms with Crippen LogP contribution in [0, 0.1) is 0 Å². The zero-order valence-electron chi connectivity index (χ0n) is 19.8. The predicted molar refractivity (Wildman–Crippen MR) is 126 cm³/mol. The molecule has 0 radical (unpaired) electrons. The number of amides is 1. The summed E-state index contributed by atoms with van der Waals surface area (Å²) >= 11 is 0. The molecule has 6 rings (SSSR count). The minimum atomic E-state index is -4.90. The zero-order valence-corrected chi connectivity index (χ0v) is 19.8. The molecule has 4 heterocycles. The van der Waals surface area contributed by atoms with Gasteiger partial charge in [-0.25, -0.2) is 4.98 Å². The maximum Gasteiger partial charge on any atom is 0.435 e. The molecule has 1 aromatic carbocycles. The van der Waals surface area contributed by atoms with E-state index in [-0.39, 0.29) is 35.9 Å². The molecule has 2 unspecified atom stereocenters. The van der Waals surface area contributed by atoms with Crippen molar-refractivity contribution in [3.8, 4) is 11.1 Å². The summed E-state index contributed by atoms with van der Waals surface area (Å²) in [4.78, 5) is 31.4. The van der Waals surface area contributed by atoms with E-state index >= 15 is 0 Å². The van der Waals surface area contributed by atoms with Gasteiger partial charge in [-0.1, -0.05) is 36.4 Å². The lowest BCUT2D eigenvalue weighted by Crippen LogP contribution is -2.51. The number of hydrogen-bond acceptors (Lipinski definition) is 8. The molecular formula is C25H20F3N5O5. The van der Waals surface area contributed by atoms with Gasteiger partial charge in [0.15, 0.2) is 11.3 Å². The molecule has 2 N–H and O–H groups in total. The van der Waals surface area contributed by atoms with Crippen molar-refractivity contribution in [1.29, 1.82) is 0 Å². The summed E-state index contributed by atoms with van der Waals surface area (Å²) in [5, 5.41) is 9.00. The number of methoxy groups -OCH3 is 1. The highest BCUT2D eigenvalue weighted by Gasteiger charge is 2.41. The van der Waals surface area contributed by atoms with Gasteiger partial charge in [0.25, 0.3) is 11.5 Å². The summed E-state index contributed by atoms with van der Waals surface area (Å²) in [5.74, 6) is -0.363. The van der Waals surface area contributed by atoms with Crippen molar-refractivity contribution in [3.63, 3.8) is 0 Å². The maximum atomic E-state index is 14.1. The first-order valence-electron chi connectivity index (χ1n) is 11.6. The van der Waals surface area contributed by atoms with Crippen LogP contribution in [0.2, 0.25) is 0 Å². The average molecular weight is 527 g/mol. The third-order valence-corrected chi connectivity index (χ3v) is 6.44. The Morgan fingerprint density at radius 2 is 2.00 bits per heavy atom. The molecule has 13 heteroatoms. The molecule has 1 aliphatic carbocycles. The van der Waals surface area contributed by atoms with E-state index in [9.17, 15) is 22.8 Å². The monoisotopic (exact) mass is 527 g/mol. The number of benzene rings is 1. The van der Waals surface area contributed by atoms with Crippen LogP contribution in [0.1, 0.15) is 16.2 Å². The van der Waals surface area contributed by atoms with Gasteiger partial charge >= 0.3 is 6.18 Å². The first kappa shape index (κ1) is 24.0. The van der Waals surface area contributed by atoms with Crippen molar-refractivity contribution in [2.45, 2.75) is 24.4 Å². The maximum absolute atomic E-state index is 14.1. The Hall–Kier alpha value is -4.39. The fourth-order valence-electron chi connectivity index (χ4n) is 4.57. The third kappa shape index (κ3) is 3.86. The second kappa shape index (κ2) is 8.87. The summed E-state index contributed by atoms with van der Waals surface area (Å²) in [6.45, 7) is 0.520. The predicted octanol–water partition coefficient (Wildman–Crippen LogP) is 1.15. The molecule has 0 spiro atoms. The van der Waals surface area contributed by atoms with Gasteiger partial charge in [0.2, 0.25) is 5.88 Å². The molecule has 38 heavy (non-hydrogen) atoms. The number of halogens is 3. The number of carbonyl (C=O) groups excluding carboxylic acids is 1. The van der Waals surface area contributed by atoms with Gasteiger partial charge in [-0.3, -0.25) is 9.59 Å². The zero-order chi connectivity index (χ0) is 26.6. The summed E-state index contributed by atoms with van der Waals surface area (Å²) in [5.41, 5.74) is -3.35. The first-order chi connectivity index (χ1) is 18.3. The van der Waals surface area contributed by atoms with Gasteiger partial charge in [0, 0.05) is 0 Å². The van der Waals surface area contributed by atoms with Crippen LogP contribution < -0.4 is 21.4 Å². The highest BCUT2D eigenvalue weighted by Crippen LogP contribution is 2.38. The highest BCUT2D eigenvalue weighted by atomic mass is 19.4. The Morgan fingerprint density at radius 1 is 1.24 bits per heavy atom. The van der Waals surface area contributed by atoms with E-state index in [0.717, 1.165) is 0 Å². The van der Waals surface area contributed by atoms with Crippen molar-refractivity contribution in [3.05, 3.63) is 81.3 Å². The molecule has 3 aliphatic rings. The van der Waals surface area contributed by atoms with Gasteiger partial charge in [0.05, 0.1) is 31.9 Å². The van der Waals surface area contributed by atoms with Crippen LogP contribution in [0.4, 0.5) is 13.2 Å². The van der Waals surface area contributed by atoms with Crippen molar-refractivity contribution in [1.82, 2.24) is 25.2 Å². The van der Waals surface area contributed by atoms with Crippen LogP contribution in [0.15, 0.2) is 59.1 Å². The Morgan fingerprint density at radius 3 is 2.66 bits per heavy atom. The van der Waals surface area contributed by atoms with Crippen LogP contribution in [-0.2, 0) is 20.4 Å². The van der Waals surface area contributed by atoms with Gasteiger partial charge < -0.3 is 24.8 Å². The molecule has 2 fully saturated rings. The van der Waals surface area contributed by atoms with E-state index < -0.39 is 52.4 Å². The summed E-state index contributed by atoms with van der Waals surface area (Å²) < 4.78 is 59.3. The number of ether oxygens (including phenoxy) is 3. The Kier molecular flexibility index (Phi) is 5.60. The molecular weight excluding hydrogens is 507 g/mol. The summed E-state index contributed by atoms with van der Waals surface area (Å²) in [6, 6.07) is 6.80. The summed E-state index contributed by atoms with van der Waals surface area (Å²) in [7, 11) is 1.47. The Bertz CT molecular complexity index is 1610. The lowest BCUT2D eigenvalue weighted by molar-refractivity contribution is -0.140. The average Bonchev–Trinajstić information content (AvgIpc) is 3.48. The Labute approximate surface area is 212 Å². The SMILES string of the molecule is COC1=CC=CC2O/C(=c3/c(C(=O)NC4COC4)nc4c(-c5ccccc5)c(C(F)(F)F)nn4c3=O)NC12. The molecule has 0 bridgehead atoms. The third-order valence-electron chi connectivity index (χ3n) is 6.44. The molecule has 2 aromatic heterocycles. The minimum absolute atomic E-state index is 0.116. The number of alkyl halides is 3. The fourth-order valence-corrected chi connectivity index (χ4v) is 4.57. The van der Waals surface area contributed by atoms with Crippen molar-refractivity contribution in [2.24, 2.45) is 0 Å². The van der Waals surface area contributed by atoms with E-state index in [1.165, 1.54) is 19.2 Å². The number of rotatable bonds is 4. The van der Waals surface area contributed by atoms with E-state index in [1.54, 1.807) is 36.4 Å². The van der Waals surface area contributed by atoms with Crippen molar-refractivity contribution < 1.29 is 32.2 Å². The molecule has 2 saturated heterocycles. The van der Waals surface area contributed by atoms with Crippen LogP contribution in [0.5, 0.6) is 0 Å². The largest absolute Gasteiger partial charge is 0.499 e. The lowest BCUT2D eigenvalue weighted by atomic mass is 10.0. The van der Waals surface area contributed by atoms with Crippen molar-refractivity contribution >= 4 is 17.4 Å². The Balaban J connectivity index is 1.63. The van der Waals surface area contributed by atoms with Crippen LogP contribution in [0.3, 0.4) is 0 Å². The highest BCUT2D eigenvalue weighted by molar-refractivity contribution is 5.94. The van der Waals surface area contributed by atoms with Gasteiger partial charge in [0.1, 0.15) is 28.8 Å². The van der Waals surface area contributed by atoms with Gasteiger partial charge in [-0.15, -0.1) is 0 Å². The minimum Gasteiger partial charge on any atom is -0.499 e. The number of hydrogen-bond donors (Lipinski definition) is 2. The van der Waals surface area contributed by atoms with E-state index in [1.807, 2.05) is 0 Å². The van der Waals surface area contributed by atoms with E-state index in [2.05, 4.69) is 20.7 Å². The summed E-state index contributed by atoms with van der Waals surface area (Å²) in [6.07, 6.45) is -0.342. The second-order valence-corrected chi connectivity index (χ2v) is 8.86. The molecule has 10 nitrogen and oxygen atoms in total. The lowest BCUT2D eigenvalue weighted by Gasteiger charge is -2.26. The molecule has 3 aromatic rings. The topological polar surface area (TPSA) is 116 Å². The smallest absolute Gasteiger partial charge is 0.435 e. The number of carbonyl (C=O) groups is 1. The molecule has 196 valence electrons. The molecule has 2 atom stereocenters. The van der Waals surface area contributed by atoms with E-state index in [4.69, 9.17) is 14.2 Å². The van der Waals surface area contributed by atoms with Crippen LogP contribution >= 0.6 is 0 Å². The van der Waals surface area contributed by atoms with Crippen LogP contribution in [0.25, 0.3) is 22.7 Å². The quantitative estimate of drug-likeness (QED) is 0.519. The fraction of sp³-hybridized carbons (Fsp3) is 0.280. The number of allylic oxidation sites excluding steroid dienone is 2. The number of aromatic nitrogens is 3. The number of nitrogens with zero attached hydrogens (tertiary/aromatic N) is 3. The number of fused-ring (bicyclic) bond motifs is 2. The van der Waals surface area contributed by atoms with Crippen LogP contribution in [-0.4, -0.2) is 59.0 Å². The van der Waals surface area contributed by atoms with Gasteiger partial charge in [-0.2, -0.15) is 22.8 Å². The molecule has 1 amide bonds. The van der Waals surface area contributed by atoms with E-state index in [0.29, 0.717) is 10.3 Å². The standard InChI is InChI=1S/C25H20F3N5O5/c1-36-14-8-5-9-15-18(14)31-23(38-15)17-19(22(34)29-13-10-37-11-13)30-21-16(12-6-3-2-4-7-12)20(25(26,27)28)32-33(21)24(17)35/h2-9,13,15,18,31H,10-11H2,1H3,(H,29,34)/b23-17-. The normalized spacial score (nSPS) is 22.3. The van der Waals surface area contributed by atoms with Crippen molar-refractivity contribution in [2.75, 3.05) is 20.3 Å².